The number of hydrogen-bond acceptors (Lipinski definition) is 8. The van der Waals surface area contributed by atoms with E-state index in [2.05, 4.69) is 25.6 Å². The van der Waals surface area contributed by atoms with Gasteiger partial charge in [-0.15, -0.1) is 0 Å². The molecule has 218 valence electrons. The molecule has 3 aromatic rings. The maximum absolute atomic E-state index is 14.2. The van der Waals surface area contributed by atoms with E-state index < -0.39 is 18.2 Å². The van der Waals surface area contributed by atoms with E-state index >= 15 is 0 Å². The monoisotopic (exact) mass is 571 g/mol. The summed E-state index contributed by atoms with van der Waals surface area (Å²) < 4.78 is 57.5. The van der Waals surface area contributed by atoms with Gasteiger partial charge in [0.25, 0.3) is 5.56 Å². The first-order valence-corrected chi connectivity index (χ1v) is 13.6. The molecule has 0 radical (unpaired) electrons. The lowest BCUT2D eigenvalue weighted by atomic mass is 9.88. The van der Waals surface area contributed by atoms with E-state index in [9.17, 15) is 23.2 Å². The SMILES string of the molecule is CN(c1cc(=O)n(C)c2ccc(C#N)nc12)C1CCC(N(CC2COCCO2)c2ccc(F)c(OC(F)F)c2)CC1. The Bertz CT molecular complexity index is 1480. The Balaban J connectivity index is 1.38. The lowest BCUT2D eigenvalue weighted by Crippen LogP contribution is -2.48. The van der Waals surface area contributed by atoms with Gasteiger partial charge in [-0.1, -0.05) is 0 Å². The Morgan fingerprint density at radius 3 is 2.59 bits per heavy atom. The van der Waals surface area contributed by atoms with Crippen molar-refractivity contribution in [1.29, 1.82) is 5.26 Å². The molecule has 1 saturated heterocycles. The number of halogens is 3. The minimum atomic E-state index is -3.14. The average molecular weight is 572 g/mol. The predicted octanol–water partition coefficient (Wildman–Crippen LogP) is 4.22. The Morgan fingerprint density at radius 1 is 1.15 bits per heavy atom. The summed E-state index contributed by atoms with van der Waals surface area (Å²) in [4.78, 5) is 21.4. The fourth-order valence-corrected chi connectivity index (χ4v) is 5.78. The fourth-order valence-electron chi connectivity index (χ4n) is 5.78. The molecular weight excluding hydrogens is 539 g/mol. The number of pyridine rings is 2. The zero-order chi connectivity index (χ0) is 29.1. The van der Waals surface area contributed by atoms with Crippen molar-refractivity contribution in [3.63, 3.8) is 0 Å². The number of nitriles is 1. The largest absolute Gasteiger partial charge is 0.432 e. The van der Waals surface area contributed by atoms with Crippen LogP contribution in [0, 0.1) is 17.1 Å². The number of rotatable bonds is 8. The van der Waals surface area contributed by atoms with Crippen molar-refractivity contribution in [1.82, 2.24) is 9.55 Å². The Labute approximate surface area is 235 Å². The van der Waals surface area contributed by atoms with Crippen LogP contribution in [0.1, 0.15) is 31.4 Å². The van der Waals surface area contributed by atoms with E-state index in [1.165, 1.54) is 10.6 Å². The fraction of sp³-hybridized carbons (Fsp3) is 0.483. The molecule has 1 unspecified atom stereocenters. The first kappa shape index (κ1) is 28.7. The molecule has 12 heteroatoms. The summed E-state index contributed by atoms with van der Waals surface area (Å²) in [6.45, 7) is -1.31. The van der Waals surface area contributed by atoms with Crippen LogP contribution in [0.25, 0.3) is 11.0 Å². The van der Waals surface area contributed by atoms with Gasteiger partial charge in [0.1, 0.15) is 17.3 Å². The van der Waals surface area contributed by atoms with Gasteiger partial charge in [-0.05, 0) is 49.9 Å². The van der Waals surface area contributed by atoms with Crippen LogP contribution < -0.4 is 20.1 Å². The standard InChI is InChI=1S/C29H32F3N5O4/c1-35(25-14-27(38)36(2)24-10-3-18(15-33)34-28(24)25)19-4-6-20(7-5-19)37(16-22-17-39-11-12-40-22)21-8-9-23(30)26(13-21)41-29(31)32/h3,8-10,13-14,19-20,22,29H,4-7,11-12,16-17H2,1-2H3. The highest BCUT2D eigenvalue weighted by Gasteiger charge is 2.32. The summed E-state index contributed by atoms with van der Waals surface area (Å²) in [7, 11) is 3.61. The number of alkyl halides is 2. The molecule has 2 aliphatic rings. The highest BCUT2D eigenvalue weighted by atomic mass is 19.3. The average Bonchev–Trinajstić information content (AvgIpc) is 2.99. The maximum Gasteiger partial charge on any atom is 0.387 e. The second-order valence-corrected chi connectivity index (χ2v) is 10.4. The van der Waals surface area contributed by atoms with E-state index in [0.29, 0.717) is 48.8 Å². The molecule has 1 aliphatic carbocycles. The van der Waals surface area contributed by atoms with Crippen molar-refractivity contribution in [2.24, 2.45) is 7.05 Å². The lowest BCUT2D eigenvalue weighted by Gasteiger charge is -2.43. The number of aryl methyl sites for hydroxylation is 1. The molecule has 0 bridgehead atoms. The van der Waals surface area contributed by atoms with E-state index in [-0.39, 0.29) is 29.4 Å². The van der Waals surface area contributed by atoms with Crippen LogP contribution in [-0.4, -0.2) is 67.8 Å². The molecule has 0 N–H and O–H groups in total. The van der Waals surface area contributed by atoms with Crippen LogP contribution in [0.15, 0.2) is 41.2 Å². The van der Waals surface area contributed by atoms with Gasteiger partial charge in [0, 0.05) is 50.5 Å². The molecule has 3 heterocycles. The number of ether oxygens (including phenoxy) is 3. The highest BCUT2D eigenvalue weighted by molar-refractivity contribution is 5.88. The second-order valence-electron chi connectivity index (χ2n) is 10.4. The topological polar surface area (TPSA) is 92.9 Å². The van der Waals surface area contributed by atoms with Gasteiger partial charge in [-0.25, -0.2) is 9.37 Å². The van der Waals surface area contributed by atoms with Crippen LogP contribution in [-0.2, 0) is 16.5 Å². The number of anilines is 2. The van der Waals surface area contributed by atoms with Gasteiger partial charge in [0.15, 0.2) is 11.6 Å². The van der Waals surface area contributed by atoms with Crippen LogP contribution >= 0.6 is 0 Å². The number of nitrogens with zero attached hydrogens (tertiary/aromatic N) is 5. The van der Waals surface area contributed by atoms with Crippen molar-refractivity contribution >= 4 is 22.4 Å². The first-order valence-electron chi connectivity index (χ1n) is 13.6. The van der Waals surface area contributed by atoms with Crippen molar-refractivity contribution in [3.8, 4) is 11.8 Å². The molecule has 1 aromatic carbocycles. The molecule has 2 fully saturated rings. The summed E-state index contributed by atoms with van der Waals surface area (Å²) in [5, 5.41) is 9.39. The first-order chi connectivity index (χ1) is 19.7. The van der Waals surface area contributed by atoms with Crippen molar-refractivity contribution in [2.75, 3.05) is 43.2 Å². The zero-order valence-electron chi connectivity index (χ0n) is 22.9. The third-order valence-electron chi connectivity index (χ3n) is 7.97. The molecule has 5 rings (SSSR count). The number of benzene rings is 1. The van der Waals surface area contributed by atoms with Gasteiger partial charge in [0.2, 0.25) is 0 Å². The summed E-state index contributed by atoms with van der Waals surface area (Å²) in [5.41, 5.74) is 2.57. The van der Waals surface area contributed by atoms with Crippen LogP contribution in [0.4, 0.5) is 24.5 Å². The molecule has 9 nitrogen and oxygen atoms in total. The second kappa shape index (κ2) is 12.4. The third-order valence-corrected chi connectivity index (χ3v) is 7.97. The molecule has 2 aromatic heterocycles. The quantitative estimate of drug-likeness (QED) is 0.397. The normalized spacial score (nSPS) is 21.0. The molecule has 1 atom stereocenters. The molecule has 1 aliphatic heterocycles. The molecule has 1 saturated carbocycles. The van der Waals surface area contributed by atoms with Gasteiger partial charge in [-0.2, -0.15) is 14.0 Å². The number of hydrogen-bond donors (Lipinski definition) is 0. The Morgan fingerprint density at radius 2 is 1.90 bits per heavy atom. The minimum absolute atomic E-state index is 0.0266. The van der Waals surface area contributed by atoms with Crippen LogP contribution in [0.5, 0.6) is 5.75 Å². The van der Waals surface area contributed by atoms with Gasteiger partial charge in [-0.3, -0.25) is 4.79 Å². The number of aromatic nitrogens is 2. The Hall–Kier alpha value is -3.82. The zero-order valence-corrected chi connectivity index (χ0v) is 22.9. The highest BCUT2D eigenvalue weighted by Crippen LogP contribution is 2.35. The summed E-state index contributed by atoms with van der Waals surface area (Å²) in [6, 6.07) is 11.1. The Kier molecular flexibility index (Phi) is 8.65. The van der Waals surface area contributed by atoms with Crippen LogP contribution in [0.2, 0.25) is 0 Å². The molecule has 41 heavy (non-hydrogen) atoms. The summed E-state index contributed by atoms with van der Waals surface area (Å²) >= 11 is 0. The molecule has 0 spiro atoms. The van der Waals surface area contributed by atoms with E-state index in [1.54, 1.807) is 31.3 Å². The maximum atomic E-state index is 14.2. The van der Waals surface area contributed by atoms with Crippen LogP contribution in [0.3, 0.4) is 0 Å². The van der Waals surface area contributed by atoms with Gasteiger partial charge >= 0.3 is 6.61 Å². The molecular formula is C29H32F3N5O4. The van der Waals surface area contributed by atoms with E-state index in [1.807, 2.05) is 7.05 Å². The minimum Gasteiger partial charge on any atom is -0.432 e. The predicted molar refractivity (Wildman–Crippen MR) is 147 cm³/mol. The number of fused-ring (bicyclic) bond motifs is 1. The summed E-state index contributed by atoms with van der Waals surface area (Å²) in [5.74, 6) is -1.36. The van der Waals surface area contributed by atoms with Crippen molar-refractivity contribution in [2.45, 2.75) is 50.5 Å². The van der Waals surface area contributed by atoms with Crippen molar-refractivity contribution < 1.29 is 27.4 Å². The van der Waals surface area contributed by atoms with Crippen molar-refractivity contribution in [3.05, 3.63) is 58.3 Å². The lowest BCUT2D eigenvalue weighted by molar-refractivity contribution is -0.0846. The molecule has 0 amide bonds. The van der Waals surface area contributed by atoms with Gasteiger partial charge in [0.05, 0.1) is 37.1 Å². The van der Waals surface area contributed by atoms with Gasteiger partial charge < -0.3 is 28.6 Å². The summed E-state index contributed by atoms with van der Waals surface area (Å²) in [6.07, 6.45) is 2.84. The van der Waals surface area contributed by atoms with E-state index in [0.717, 1.165) is 31.7 Å². The van der Waals surface area contributed by atoms with E-state index in [4.69, 9.17) is 9.47 Å². The third kappa shape index (κ3) is 6.26. The smallest absolute Gasteiger partial charge is 0.387 e.